The van der Waals surface area contributed by atoms with Gasteiger partial charge in [-0.05, 0) is 62.9 Å². The van der Waals surface area contributed by atoms with Crippen molar-refractivity contribution in [2.24, 2.45) is 0 Å². The van der Waals surface area contributed by atoms with Crippen LogP contribution in [-0.2, 0) is 9.47 Å². The Balaban J connectivity index is 1.88. The van der Waals surface area contributed by atoms with Crippen LogP contribution in [0.25, 0.3) is 5.57 Å². The quantitative estimate of drug-likeness (QED) is 0.752. The molecule has 2 aliphatic rings. The predicted octanol–water partition coefficient (Wildman–Crippen LogP) is 4.44. The van der Waals surface area contributed by atoms with Crippen molar-refractivity contribution in [3.05, 3.63) is 40.4 Å². The second-order valence-corrected chi connectivity index (χ2v) is 7.94. The zero-order valence-corrected chi connectivity index (χ0v) is 15.4. The third-order valence-electron chi connectivity index (χ3n) is 4.34. The van der Waals surface area contributed by atoms with Gasteiger partial charge in [-0.3, -0.25) is 4.90 Å². The van der Waals surface area contributed by atoms with E-state index >= 15 is 0 Å². The highest BCUT2D eigenvalue weighted by Gasteiger charge is 2.40. The maximum absolute atomic E-state index is 12.6. The summed E-state index contributed by atoms with van der Waals surface area (Å²) in [5.41, 5.74) is 3.10. The van der Waals surface area contributed by atoms with Crippen LogP contribution >= 0.6 is 11.6 Å². The van der Waals surface area contributed by atoms with Gasteiger partial charge in [0.15, 0.2) is 0 Å². The van der Waals surface area contributed by atoms with Crippen molar-refractivity contribution in [1.82, 2.24) is 4.90 Å². The predicted molar refractivity (Wildman–Crippen MR) is 95.3 cm³/mol. The van der Waals surface area contributed by atoms with Crippen LogP contribution in [0, 0.1) is 6.92 Å². The average molecular weight is 350 g/mol. The normalized spacial score (nSPS) is 23.7. The maximum atomic E-state index is 12.6. The zero-order valence-electron chi connectivity index (χ0n) is 14.6. The number of ether oxygens (including phenoxy) is 2. The first kappa shape index (κ1) is 17.3. The molecule has 1 amide bonds. The number of rotatable bonds is 1. The molecule has 2 atom stereocenters. The minimum absolute atomic E-state index is 0.00804. The molecule has 2 heterocycles. The van der Waals surface area contributed by atoms with Crippen LogP contribution < -0.4 is 0 Å². The number of benzene rings is 1. The van der Waals surface area contributed by atoms with Crippen molar-refractivity contribution in [2.75, 3.05) is 13.2 Å². The first-order chi connectivity index (χ1) is 11.2. The van der Waals surface area contributed by atoms with Gasteiger partial charge >= 0.3 is 6.09 Å². The Labute approximate surface area is 148 Å². The first-order valence-electron chi connectivity index (χ1n) is 8.31. The molecule has 0 saturated carbocycles. The van der Waals surface area contributed by atoms with E-state index in [0.717, 1.165) is 17.0 Å². The monoisotopic (exact) mass is 349 g/mol. The summed E-state index contributed by atoms with van der Waals surface area (Å²) in [6.07, 6.45) is 2.64. The molecule has 2 bridgehead atoms. The molecule has 0 aliphatic carbocycles. The molecule has 5 heteroatoms. The lowest BCUT2D eigenvalue weighted by Crippen LogP contribution is -2.57. The molecule has 24 heavy (non-hydrogen) atoms. The Morgan fingerprint density at radius 2 is 2.08 bits per heavy atom. The number of aryl methyl sites for hydroxylation is 1. The summed E-state index contributed by atoms with van der Waals surface area (Å²) in [6.45, 7) is 8.78. The number of nitrogens with zero attached hydrogens (tertiary/aromatic N) is 1. The van der Waals surface area contributed by atoms with Gasteiger partial charge < -0.3 is 9.47 Å². The van der Waals surface area contributed by atoms with Crippen molar-refractivity contribution in [1.29, 1.82) is 0 Å². The topological polar surface area (TPSA) is 38.8 Å². The molecular formula is C19H24ClNO3. The van der Waals surface area contributed by atoms with Gasteiger partial charge in [-0.15, -0.1) is 0 Å². The second kappa shape index (κ2) is 6.41. The van der Waals surface area contributed by atoms with Gasteiger partial charge in [-0.2, -0.15) is 0 Å². The summed E-state index contributed by atoms with van der Waals surface area (Å²) in [5.74, 6) is 0. The molecule has 0 radical (unpaired) electrons. The van der Waals surface area contributed by atoms with E-state index in [0.29, 0.717) is 13.2 Å². The van der Waals surface area contributed by atoms with Crippen molar-refractivity contribution in [3.8, 4) is 0 Å². The summed E-state index contributed by atoms with van der Waals surface area (Å²) in [5, 5.41) is 0.742. The molecule has 2 unspecified atom stereocenters. The van der Waals surface area contributed by atoms with Gasteiger partial charge in [0.1, 0.15) is 5.60 Å². The molecule has 1 fully saturated rings. The molecule has 4 nitrogen and oxygen atoms in total. The largest absolute Gasteiger partial charge is 0.444 e. The Hall–Kier alpha value is -1.52. The molecule has 130 valence electrons. The van der Waals surface area contributed by atoms with Gasteiger partial charge in [0.2, 0.25) is 0 Å². The highest BCUT2D eigenvalue weighted by atomic mass is 35.5. The van der Waals surface area contributed by atoms with Crippen LogP contribution in [0.4, 0.5) is 4.79 Å². The smallest absolute Gasteiger partial charge is 0.411 e. The molecule has 0 aromatic heterocycles. The standard InChI is InChI=1S/C19H24ClNO3/c1-12-7-14(20)5-6-17(12)13-8-15-10-23-11-16(9-13)21(15)18(22)24-19(2,3)4/h5-8,15-16H,9-11H2,1-4H3. The Morgan fingerprint density at radius 3 is 2.71 bits per heavy atom. The van der Waals surface area contributed by atoms with Crippen LogP contribution in [0.15, 0.2) is 24.3 Å². The number of halogens is 1. The summed E-state index contributed by atoms with van der Waals surface area (Å²) in [6, 6.07) is 5.87. The van der Waals surface area contributed by atoms with E-state index < -0.39 is 5.60 Å². The summed E-state index contributed by atoms with van der Waals surface area (Å²) < 4.78 is 11.2. The fourth-order valence-corrected chi connectivity index (χ4v) is 3.61. The van der Waals surface area contributed by atoms with E-state index in [2.05, 4.69) is 19.1 Å². The number of amides is 1. The molecule has 2 aliphatic heterocycles. The highest BCUT2D eigenvalue weighted by molar-refractivity contribution is 6.30. The molecule has 1 saturated heterocycles. The number of fused-ring (bicyclic) bond motifs is 2. The number of carbonyl (C=O) groups is 1. The van der Waals surface area contributed by atoms with Crippen LogP contribution in [0.5, 0.6) is 0 Å². The summed E-state index contributed by atoms with van der Waals surface area (Å²) in [7, 11) is 0. The lowest BCUT2D eigenvalue weighted by Gasteiger charge is -2.44. The fraction of sp³-hybridized carbons (Fsp3) is 0.526. The van der Waals surface area contributed by atoms with E-state index in [-0.39, 0.29) is 18.2 Å². The third-order valence-corrected chi connectivity index (χ3v) is 4.57. The SMILES string of the molecule is Cc1cc(Cl)ccc1C1=CC2COCC(C1)N2C(=O)OC(C)(C)C. The van der Waals surface area contributed by atoms with Crippen molar-refractivity contribution < 1.29 is 14.3 Å². The average Bonchev–Trinajstić information content (AvgIpc) is 2.44. The lowest BCUT2D eigenvalue weighted by atomic mass is 9.88. The lowest BCUT2D eigenvalue weighted by molar-refractivity contribution is -0.0510. The Bertz CT molecular complexity index is 678. The minimum atomic E-state index is -0.497. The Morgan fingerprint density at radius 1 is 1.33 bits per heavy atom. The van der Waals surface area contributed by atoms with Gasteiger partial charge in [0.25, 0.3) is 0 Å². The Kier molecular flexibility index (Phi) is 4.63. The second-order valence-electron chi connectivity index (χ2n) is 7.50. The van der Waals surface area contributed by atoms with Crippen LogP contribution in [0.2, 0.25) is 5.02 Å². The molecule has 0 N–H and O–H groups in total. The third kappa shape index (κ3) is 3.60. The number of morpholine rings is 1. The van der Waals surface area contributed by atoms with Crippen molar-refractivity contribution in [3.63, 3.8) is 0 Å². The molecule has 0 spiro atoms. The van der Waals surface area contributed by atoms with Gasteiger partial charge in [-0.1, -0.05) is 23.7 Å². The van der Waals surface area contributed by atoms with E-state index in [4.69, 9.17) is 21.1 Å². The zero-order chi connectivity index (χ0) is 17.5. The van der Waals surface area contributed by atoms with E-state index in [9.17, 15) is 4.79 Å². The van der Waals surface area contributed by atoms with Gasteiger partial charge in [-0.25, -0.2) is 4.79 Å². The van der Waals surface area contributed by atoms with Gasteiger partial charge in [0.05, 0.1) is 25.3 Å². The number of hydrogen-bond donors (Lipinski definition) is 0. The molecular weight excluding hydrogens is 326 g/mol. The van der Waals surface area contributed by atoms with Crippen molar-refractivity contribution in [2.45, 2.75) is 51.8 Å². The van der Waals surface area contributed by atoms with Crippen LogP contribution in [-0.4, -0.2) is 41.9 Å². The van der Waals surface area contributed by atoms with E-state index in [1.54, 1.807) is 0 Å². The molecule has 1 aromatic rings. The first-order valence-corrected chi connectivity index (χ1v) is 8.69. The summed E-state index contributed by atoms with van der Waals surface area (Å²) >= 11 is 6.07. The van der Waals surface area contributed by atoms with E-state index in [1.807, 2.05) is 37.8 Å². The molecule has 1 aromatic carbocycles. The summed E-state index contributed by atoms with van der Waals surface area (Å²) in [4.78, 5) is 14.4. The van der Waals surface area contributed by atoms with Crippen LogP contribution in [0.1, 0.15) is 38.3 Å². The van der Waals surface area contributed by atoms with E-state index in [1.165, 1.54) is 11.1 Å². The fourth-order valence-electron chi connectivity index (χ4n) is 3.38. The van der Waals surface area contributed by atoms with Crippen LogP contribution in [0.3, 0.4) is 0 Å². The van der Waals surface area contributed by atoms with Crippen molar-refractivity contribution >= 4 is 23.3 Å². The maximum Gasteiger partial charge on any atom is 0.411 e. The number of carbonyl (C=O) groups excluding carboxylic acids is 1. The van der Waals surface area contributed by atoms with Gasteiger partial charge in [0, 0.05) is 5.02 Å². The molecule has 3 rings (SSSR count). The number of hydrogen-bond acceptors (Lipinski definition) is 3. The minimum Gasteiger partial charge on any atom is -0.444 e. The highest BCUT2D eigenvalue weighted by Crippen LogP contribution is 2.35.